The summed E-state index contributed by atoms with van der Waals surface area (Å²) in [7, 11) is 0. The van der Waals surface area contributed by atoms with Gasteiger partial charge in [0.25, 0.3) is 0 Å². The molecule has 0 amide bonds. The van der Waals surface area contributed by atoms with E-state index in [1.165, 1.54) is 18.3 Å². The van der Waals surface area contributed by atoms with Crippen molar-refractivity contribution in [3.05, 3.63) is 59.0 Å². The van der Waals surface area contributed by atoms with Crippen molar-refractivity contribution < 1.29 is 8.78 Å². The first-order chi connectivity index (χ1) is 13.5. The zero-order valence-electron chi connectivity index (χ0n) is 15.4. The van der Waals surface area contributed by atoms with E-state index in [1.54, 1.807) is 12.1 Å². The normalized spacial score (nSPS) is 19.8. The van der Waals surface area contributed by atoms with Gasteiger partial charge in [-0.25, -0.2) is 18.6 Å². The van der Waals surface area contributed by atoms with Crippen molar-refractivity contribution in [1.82, 2.24) is 14.5 Å². The Labute approximate surface area is 161 Å². The van der Waals surface area contributed by atoms with E-state index in [4.69, 9.17) is 12.3 Å². The molecule has 0 unspecified atom stereocenters. The van der Waals surface area contributed by atoms with E-state index < -0.39 is 12.2 Å². The van der Waals surface area contributed by atoms with E-state index in [-0.39, 0.29) is 5.82 Å². The van der Waals surface area contributed by atoms with Gasteiger partial charge >= 0.3 is 0 Å². The summed E-state index contributed by atoms with van der Waals surface area (Å²) < 4.78 is 29.7. The molecule has 144 valence electrons. The summed E-state index contributed by atoms with van der Waals surface area (Å²) in [4.78, 5) is 14.3. The van der Waals surface area contributed by atoms with Crippen LogP contribution < -0.4 is 10.6 Å². The molecule has 1 aliphatic heterocycles. The van der Waals surface area contributed by atoms with E-state index in [9.17, 15) is 8.78 Å². The Balaban J connectivity index is 1.80. The topological polar surface area (TPSA) is 64.3 Å². The van der Waals surface area contributed by atoms with Gasteiger partial charge in [0.1, 0.15) is 12.0 Å². The Morgan fingerprint density at radius 1 is 1.36 bits per heavy atom. The number of hydrogen-bond donors (Lipinski definition) is 1. The highest BCUT2D eigenvalue weighted by Crippen LogP contribution is 2.29. The SMILES string of the molecule is [C-]#[N+]c1ccc(Cn2c(N3CC[C@@H](F)[C@H](N)C3)nc3cc(F)cc(C)c32)nc1. The number of aromatic nitrogens is 3. The molecular formula is C20H20F2N6. The van der Waals surface area contributed by atoms with Crippen molar-refractivity contribution in [2.75, 3.05) is 18.0 Å². The first-order valence-corrected chi connectivity index (χ1v) is 9.09. The minimum absolute atomic E-state index is 0.329. The molecule has 1 saturated heterocycles. The molecule has 28 heavy (non-hydrogen) atoms. The van der Waals surface area contributed by atoms with Gasteiger partial charge in [-0.2, -0.15) is 0 Å². The Hall–Kier alpha value is -3.05. The summed E-state index contributed by atoms with van der Waals surface area (Å²) >= 11 is 0. The molecule has 0 spiro atoms. The van der Waals surface area contributed by atoms with Crippen LogP contribution in [-0.4, -0.2) is 39.8 Å². The number of benzene rings is 1. The molecule has 4 rings (SSSR count). The second-order valence-corrected chi connectivity index (χ2v) is 7.12. The number of nitrogens with two attached hydrogens (primary N) is 1. The van der Waals surface area contributed by atoms with Crippen LogP contribution in [0.2, 0.25) is 0 Å². The number of aryl methyl sites for hydroxylation is 1. The standard InChI is InChI=1S/C20H20F2N6/c1-12-7-13(21)8-18-19(12)28(10-15-4-3-14(24-2)9-25-15)20(26-18)27-6-5-16(22)17(23)11-27/h3-4,7-9,16-17H,5-6,10-11,23H2,1H3/t16-,17-/m1/s1. The van der Waals surface area contributed by atoms with Crippen LogP contribution in [0.4, 0.5) is 20.4 Å². The third kappa shape index (κ3) is 3.29. The molecule has 6 nitrogen and oxygen atoms in total. The van der Waals surface area contributed by atoms with Crippen molar-refractivity contribution in [1.29, 1.82) is 0 Å². The van der Waals surface area contributed by atoms with Gasteiger partial charge in [-0.1, -0.05) is 6.07 Å². The molecule has 2 N–H and O–H groups in total. The van der Waals surface area contributed by atoms with Crippen molar-refractivity contribution in [3.63, 3.8) is 0 Å². The number of alkyl halides is 1. The van der Waals surface area contributed by atoms with Crippen LogP contribution in [0.15, 0.2) is 30.5 Å². The van der Waals surface area contributed by atoms with Crippen LogP contribution >= 0.6 is 0 Å². The minimum Gasteiger partial charge on any atom is -0.340 e. The number of anilines is 1. The van der Waals surface area contributed by atoms with Crippen molar-refractivity contribution in [2.45, 2.75) is 32.1 Å². The second-order valence-electron chi connectivity index (χ2n) is 7.12. The molecular weight excluding hydrogens is 362 g/mol. The monoisotopic (exact) mass is 382 g/mol. The number of pyridine rings is 1. The lowest BCUT2D eigenvalue weighted by Gasteiger charge is -2.34. The Morgan fingerprint density at radius 2 is 2.18 bits per heavy atom. The largest absolute Gasteiger partial charge is 0.340 e. The lowest BCUT2D eigenvalue weighted by Crippen LogP contribution is -2.50. The molecule has 1 aliphatic rings. The van der Waals surface area contributed by atoms with E-state index >= 15 is 0 Å². The highest BCUT2D eigenvalue weighted by atomic mass is 19.1. The maximum Gasteiger partial charge on any atom is 0.206 e. The Bertz CT molecular complexity index is 1050. The molecule has 3 heterocycles. The molecule has 0 radical (unpaired) electrons. The Morgan fingerprint density at radius 3 is 2.86 bits per heavy atom. The Kier molecular flexibility index (Phi) is 4.69. The summed E-state index contributed by atoms with van der Waals surface area (Å²) in [6, 6.07) is 5.79. The maximum absolute atomic E-state index is 13.9. The predicted octanol–water partition coefficient (Wildman–Crippen LogP) is 3.35. The van der Waals surface area contributed by atoms with Gasteiger partial charge in [-0.3, -0.25) is 4.98 Å². The predicted molar refractivity (Wildman–Crippen MR) is 104 cm³/mol. The van der Waals surface area contributed by atoms with Crippen molar-refractivity contribution >= 4 is 22.7 Å². The summed E-state index contributed by atoms with van der Waals surface area (Å²) in [5, 5.41) is 0. The number of halogens is 2. The van der Waals surface area contributed by atoms with E-state index in [1.807, 2.05) is 16.4 Å². The molecule has 2 atom stereocenters. The van der Waals surface area contributed by atoms with E-state index in [0.717, 1.165) is 16.8 Å². The van der Waals surface area contributed by atoms with Crippen molar-refractivity contribution in [2.24, 2.45) is 5.73 Å². The summed E-state index contributed by atoms with van der Waals surface area (Å²) in [5.74, 6) is 0.280. The zero-order chi connectivity index (χ0) is 19.8. The molecule has 2 aromatic heterocycles. The van der Waals surface area contributed by atoms with Gasteiger partial charge < -0.3 is 15.2 Å². The van der Waals surface area contributed by atoms with Crippen LogP contribution in [-0.2, 0) is 6.54 Å². The summed E-state index contributed by atoms with van der Waals surface area (Å²) in [5.41, 5.74) is 9.26. The van der Waals surface area contributed by atoms with Crippen LogP contribution in [0.1, 0.15) is 17.7 Å². The number of piperidine rings is 1. The third-order valence-corrected chi connectivity index (χ3v) is 5.09. The van der Waals surface area contributed by atoms with Gasteiger partial charge in [0, 0.05) is 25.4 Å². The van der Waals surface area contributed by atoms with Gasteiger partial charge in [0.2, 0.25) is 11.6 Å². The van der Waals surface area contributed by atoms with E-state index in [0.29, 0.717) is 43.2 Å². The number of rotatable bonds is 3. The molecule has 8 heteroatoms. The lowest BCUT2D eigenvalue weighted by molar-refractivity contribution is 0.243. The number of hydrogen-bond acceptors (Lipinski definition) is 4. The fraction of sp³-hybridized carbons (Fsp3) is 0.350. The molecule has 0 saturated carbocycles. The maximum atomic E-state index is 13.9. The minimum atomic E-state index is -1.03. The lowest BCUT2D eigenvalue weighted by atomic mass is 10.1. The van der Waals surface area contributed by atoms with E-state index in [2.05, 4.69) is 14.8 Å². The molecule has 1 aromatic carbocycles. The summed E-state index contributed by atoms with van der Waals surface area (Å²) in [6.07, 6.45) is 0.824. The smallest absolute Gasteiger partial charge is 0.206 e. The van der Waals surface area contributed by atoms with Crippen LogP contribution in [0, 0.1) is 19.3 Å². The number of nitrogens with zero attached hydrogens (tertiary/aromatic N) is 5. The van der Waals surface area contributed by atoms with Crippen molar-refractivity contribution in [3.8, 4) is 0 Å². The fourth-order valence-electron chi connectivity index (χ4n) is 3.69. The first kappa shape index (κ1) is 18.3. The molecule has 1 fully saturated rings. The van der Waals surface area contributed by atoms with Gasteiger partial charge in [0.15, 0.2) is 0 Å². The molecule has 0 aliphatic carbocycles. The van der Waals surface area contributed by atoms with Crippen LogP contribution in [0.5, 0.6) is 0 Å². The highest BCUT2D eigenvalue weighted by molar-refractivity contribution is 5.82. The zero-order valence-corrected chi connectivity index (χ0v) is 15.4. The summed E-state index contributed by atoms with van der Waals surface area (Å²) in [6.45, 7) is 10.1. The fourth-order valence-corrected chi connectivity index (χ4v) is 3.69. The average Bonchev–Trinajstić information content (AvgIpc) is 3.03. The van der Waals surface area contributed by atoms with Gasteiger partial charge in [-0.05, 0) is 31.0 Å². The molecule has 3 aromatic rings. The highest BCUT2D eigenvalue weighted by Gasteiger charge is 2.29. The number of fused-ring (bicyclic) bond motifs is 1. The quantitative estimate of drug-likeness (QED) is 0.706. The van der Waals surface area contributed by atoms with Crippen LogP contribution in [0.3, 0.4) is 0 Å². The number of imidazole rings is 1. The second kappa shape index (κ2) is 7.17. The third-order valence-electron chi connectivity index (χ3n) is 5.09. The van der Waals surface area contributed by atoms with Gasteiger partial charge in [0.05, 0.1) is 35.9 Å². The van der Waals surface area contributed by atoms with Crippen LogP contribution in [0.25, 0.3) is 15.9 Å². The molecule has 0 bridgehead atoms. The van der Waals surface area contributed by atoms with Gasteiger partial charge in [-0.15, -0.1) is 0 Å². The first-order valence-electron chi connectivity index (χ1n) is 9.09. The average molecular weight is 382 g/mol.